The molecule has 2 aromatic heterocycles. The largest absolute Gasteiger partial charge is 0.382 e. The summed E-state index contributed by atoms with van der Waals surface area (Å²) in [7, 11) is 1.71. The topological polar surface area (TPSA) is 107 Å². The van der Waals surface area contributed by atoms with Gasteiger partial charge < -0.3 is 16.4 Å². The van der Waals surface area contributed by atoms with E-state index in [1.165, 1.54) is 4.57 Å². The highest BCUT2D eigenvalue weighted by molar-refractivity contribution is 7.99. The van der Waals surface area contributed by atoms with Crippen LogP contribution in [-0.4, -0.2) is 27.6 Å². The molecule has 0 unspecified atom stereocenters. The van der Waals surface area contributed by atoms with Gasteiger partial charge in [-0.15, -0.1) is 0 Å². The summed E-state index contributed by atoms with van der Waals surface area (Å²) in [5.41, 5.74) is 15.2. The van der Waals surface area contributed by atoms with Crippen LogP contribution in [0.2, 0.25) is 5.02 Å². The molecule has 1 aliphatic heterocycles. The van der Waals surface area contributed by atoms with E-state index in [0.717, 1.165) is 55.4 Å². The summed E-state index contributed by atoms with van der Waals surface area (Å²) >= 11 is 7.47. The molecule has 3 heterocycles. The van der Waals surface area contributed by atoms with E-state index in [-0.39, 0.29) is 22.8 Å². The first-order chi connectivity index (χ1) is 16.3. The van der Waals surface area contributed by atoms with E-state index in [4.69, 9.17) is 29.6 Å². The summed E-state index contributed by atoms with van der Waals surface area (Å²) in [6.45, 7) is 8.70. The predicted octanol–water partition coefficient (Wildman–Crippen LogP) is 3.96. The average molecular weight is 494 g/mol. The minimum atomic E-state index is -0.244. The van der Waals surface area contributed by atoms with Crippen LogP contribution in [0.3, 0.4) is 0 Å². The van der Waals surface area contributed by atoms with Gasteiger partial charge in [0.05, 0.1) is 11.6 Å². The zero-order valence-corrected chi connectivity index (χ0v) is 20.2. The van der Waals surface area contributed by atoms with Gasteiger partial charge in [-0.3, -0.25) is 14.3 Å². The number of nitrogens with two attached hydrogens (primary N) is 2. The van der Waals surface area contributed by atoms with Crippen molar-refractivity contribution in [3.05, 3.63) is 74.6 Å². The van der Waals surface area contributed by atoms with Gasteiger partial charge in [-0.2, -0.15) is 4.98 Å². The molecule has 1 saturated heterocycles. The van der Waals surface area contributed by atoms with Crippen LogP contribution in [0.1, 0.15) is 30.1 Å². The van der Waals surface area contributed by atoms with Crippen LogP contribution in [0.4, 0.5) is 17.5 Å². The fourth-order valence-corrected chi connectivity index (χ4v) is 6.25. The second-order valence-corrected chi connectivity index (χ2v) is 10.3. The summed E-state index contributed by atoms with van der Waals surface area (Å²) in [6.07, 6.45) is 4.48. The maximum absolute atomic E-state index is 13.2. The maximum Gasteiger partial charge on any atom is 0.270 e. The first kappa shape index (κ1) is 22.7. The molecule has 1 atom stereocenters. The fourth-order valence-electron chi connectivity index (χ4n) is 5.03. The highest BCUT2D eigenvalue weighted by Crippen LogP contribution is 2.50. The third-order valence-electron chi connectivity index (χ3n) is 7.01. The molecule has 1 aliphatic carbocycles. The van der Waals surface area contributed by atoms with Gasteiger partial charge in [0.15, 0.2) is 0 Å². The number of nitrogen functional groups attached to an aromatic ring is 1. The second kappa shape index (κ2) is 8.62. The van der Waals surface area contributed by atoms with Crippen molar-refractivity contribution in [1.29, 1.82) is 0 Å². The first-order valence-corrected chi connectivity index (χ1v) is 12.2. The zero-order chi connectivity index (χ0) is 24.0. The zero-order valence-electron chi connectivity index (χ0n) is 18.7. The van der Waals surface area contributed by atoms with Gasteiger partial charge in [-0.05, 0) is 42.4 Å². The number of halogens is 1. The summed E-state index contributed by atoms with van der Waals surface area (Å²) in [6, 6.07) is 9.12. The van der Waals surface area contributed by atoms with Crippen molar-refractivity contribution in [3.8, 4) is 0 Å². The average Bonchev–Trinajstić information content (AvgIpc) is 3.12. The second-order valence-electron chi connectivity index (χ2n) is 8.84. The number of rotatable bonds is 3. The Bertz CT molecular complexity index is 1370. The number of benzene rings is 1. The molecule has 4 N–H and O–H groups in total. The molecule has 2 aliphatic rings. The SMILES string of the molecule is [C-]#[N+]c1cccc(Sc2c(N)nc(N3CCC4(CC3)Cc3ncccc3[C@H]4N)n(C)c2=O)c1Cl. The molecule has 34 heavy (non-hydrogen) atoms. The lowest BCUT2D eigenvalue weighted by molar-refractivity contribution is 0.185. The normalized spacial score (nSPS) is 18.6. The molecule has 1 fully saturated rings. The molecule has 0 amide bonds. The van der Waals surface area contributed by atoms with Gasteiger partial charge in [-0.1, -0.05) is 41.6 Å². The standard InChI is InChI=1S/C24H24ClN7OS/c1-28-15-6-3-7-17(18(15)25)34-19-21(27)30-23(31(2)22(19)33)32-11-8-24(9-12-32)13-16-14(20(24)26)5-4-10-29-16/h3-7,10,20H,8-9,11-13,26-27H2,2H3/t20-/m1/s1. The molecular weight excluding hydrogens is 470 g/mol. The Labute approximate surface area is 206 Å². The van der Waals surface area contributed by atoms with Gasteiger partial charge in [-0.25, -0.2) is 4.85 Å². The Morgan fingerprint density at radius 1 is 1.26 bits per heavy atom. The molecule has 10 heteroatoms. The number of piperidine rings is 1. The third-order valence-corrected chi connectivity index (χ3v) is 8.67. The van der Waals surface area contributed by atoms with Crippen molar-refractivity contribution in [3.63, 3.8) is 0 Å². The predicted molar refractivity (Wildman–Crippen MR) is 134 cm³/mol. The maximum atomic E-state index is 13.2. The number of aromatic nitrogens is 3. The van der Waals surface area contributed by atoms with E-state index < -0.39 is 0 Å². The number of hydrogen-bond acceptors (Lipinski definition) is 7. The molecule has 0 saturated carbocycles. The summed E-state index contributed by atoms with van der Waals surface area (Å²) < 4.78 is 1.54. The highest BCUT2D eigenvalue weighted by atomic mass is 35.5. The minimum Gasteiger partial charge on any atom is -0.382 e. The summed E-state index contributed by atoms with van der Waals surface area (Å²) in [5.74, 6) is 0.701. The van der Waals surface area contributed by atoms with E-state index in [2.05, 4.69) is 25.8 Å². The molecule has 0 bridgehead atoms. The molecule has 1 aromatic carbocycles. The Hall–Kier alpha value is -3.06. The van der Waals surface area contributed by atoms with Crippen LogP contribution in [0.5, 0.6) is 0 Å². The van der Waals surface area contributed by atoms with Gasteiger partial charge in [0.1, 0.15) is 10.7 Å². The van der Waals surface area contributed by atoms with E-state index in [1.54, 1.807) is 25.2 Å². The Morgan fingerprint density at radius 2 is 2.03 bits per heavy atom. The molecule has 1 spiro atoms. The van der Waals surface area contributed by atoms with Crippen LogP contribution in [0.25, 0.3) is 4.85 Å². The minimum absolute atomic E-state index is 0.0158. The van der Waals surface area contributed by atoms with Crippen LogP contribution in [0.15, 0.2) is 51.1 Å². The van der Waals surface area contributed by atoms with Crippen LogP contribution >= 0.6 is 23.4 Å². The lowest BCUT2D eigenvalue weighted by Gasteiger charge is -2.42. The number of anilines is 2. The van der Waals surface area contributed by atoms with E-state index >= 15 is 0 Å². The lowest BCUT2D eigenvalue weighted by atomic mass is 9.73. The van der Waals surface area contributed by atoms with Crippen LogP contribution in [-0.2, 0) is 13.5 Å². The molecule has 0 radical (unpaired) electrons. The van der Waals surface area contributed by atoms with Crippen molar-refractivity contribution < 1.29 is 0 Å². The van der Waals surface area contributed by atoms with Gasteiger partial charge >= 0.3 is 0 Å². The van der Waals surface area contributed by atoms with Crippen molar-refractivity contribution in [2.24, 2.45) is 18.2 Å². The molecule has 5 rings (SSSR count). The Kier molecular flexibility index (Phi) is 5.76. The molecule has 8 nitrogen and oxygen atoms in total. The van der Waals surface area contributed by atoms with Crippen molar-refractivity contribution in [2.75, 3.05) is 23.7 Å². The van der Waals surface area contributed by atoms with Gasteiger partial charge in [0, 0.05) is 43.0 Å². The number of nitrogens with zero attached hydrogens (tertiary/aromatic N) is 5. The number of fused-ring (bicyclic) bond motifs is 1. The summed E-state index contributed by atoms with van der Waals surface area (Å²) in [4.78, 5) is 28.8. The van der Waals surface area contributed by atoms with E-state index in [0.29, 0.717) is 26.4 Å². The van der Waals surface area contributed by atoms with Crippen LogP contribution in [0, 0.1) is 12.0 Å². The van der Waals surface area contributed by atoms with Crippen molar-refractivity contribution >= 4 is 40.8 Å². The van der Waals surface area contributed by atoms with Crippen molar-refractivity contribution in [1.82, 2.24) is 14.5 Å². The monoisotopic (exact) mass is 493 g/mol. The Balaban J connectivity index is 1.38. The Morgan fingerprint density at radius 3 is 2.74 bits per heavy atom. The van der Waals surface area contributed by atoms with E-state index in [9.17, 15) is 4.79 Å². The lowest BCUT2D eigenvalue weighted by Crippen LogP contribution is -2.46. The van der Waals surface area contributed by atoms with Crippen LogP contribution < -0.4 is 21.9 Å². The van der Waals surface area contributed by atoms with Gasteiger partial charge in [0.25, 0.3) is 5.56 Å². The molecule has 3 aromatic rings. The van der Waals surface area contributed by atoms with Crippen molar-refractivity contribution in [2.45, 2.75) is 35.1 Å². The molecule has 174 valence electrons. The fraction of sp³-hybridized carbons (Fsp3) is 0.333. The number of hydrogen-bond donors (Lipinski definition) is 2. The molecular formula is C24H24ClN7OS. The van der Waals surface area contributed by atoms with E-state index in [1.807, 2.05) is 12.3 Å². The third kappa shape index (κ3) is 3.63. The first-order valence-electron chi connectivity index (χ1n) is 11.0. The number of pyridine rings is 1. The smallest absolute Gasteiger partial charge is 0.270 e. The van der Waals surface area contributed by atoms with Gasteiger partial charge in [0.2, 0.25) is 11.6 Å². The summed E-state index contributed by atoms with van der Waals surface area (Å²) in [5, 5.41) is 0.303. The quantitative estimate of drug-likeness (QED) is 0.532. The highest BCUT2D eigenvalue weighted by Gasteiger charge is 2.46.